The molecule has 0 amide bonds. The Morgan fingerprint density at radius 2 is 1.44 bits per heavy atom. The number of hydrogen-bond donors (Lipinski definition) is 0. The second-order valence-corrected chi connectivity index (χ2v) is 6.07. The molecule has 0 atom stereocenters. The van der Waals surface area contributed by atoms with E-state index in [1.165, 1.54) is 11.1 Å². The zero-order chi connectivity index (χ0) is 12.6. The van der Waals surface area contributed by atoms with Gasteiger partial charge in [0.05, 0.1) is 11.5 Å². The van der Waals surface area contributed by atoms with E-state index in [2.05, 4.69) is 52.0 Å². The van der Waals surface area contributed by atoms with Crippen molar-refractivity contribution >= 4 is 0 Å². The summed E-state index contributed by atoms with van der Waals surface area (Å²) < 4.78 is 0. The highest BCUT2D eigenvalue weighted by atomic mass is 14.3. The van der Waals surface area contributed by atoms with Crippen LogP contribution in [-0.4, -0.2) is 0 Å². The van der Waals surface area contributed by atoms with Gasteiger partial charge in [-0.25, -0.2) is 0 Å². The monoisotopic (exact) mass is 215 g/mol. The molecule has 0 saturated heterocycles. The molecule has 16 heavy (non-hydrogen) atoms. The number of benzene rings is 1. The third kappa shape index (κ3) is 2.64. The lowest BCUT2D eigenvalue weighted by atomic mass is 9.79. The van der Waals surface area contributed by atoms with Crippen molar-refractivity contribution in [3.05, 3.63) is 34.9 Å². The van der Waals surface area contributed by atoms with Gasteiger partial charge in [-0.3, -0.25) is 0 Å². The summed E-state index contributed by atoms with van der Waals surface area (Å²) in [5.41, 5.74) is 3.36. The van der Waals surface area contributed by atoms with Crippen molar-refractivity contribution in [2.24, 2.45) is 0 Å². The number of aryl methyl sites for hydroxylation is 1. The third-order valence-corrected chi connectivity index (χ3v) is 2.94. The van der Waals surface area contributed by atoms with E-state index < -0.39 is 5.41 Å². The molecule has 0 aliphatic heterocycles. The number of nitriles is 1. The van der Waals surface area contributed by atoms with Crippen LogP contribution in [0.3, 0.4) is 0 Å². The van der Waals surface area contributed by atoms with Gasteiger partial charge in [-0.2, -0.15) is 5.26 Å². The molecule has 0 spiro atoms. The van der Waals surface area contributed by atoms with Crippen LogP contribution in [0, 0.1) is 18.3 Å². The first-order valence-corrected chi connectivity index (χ1v) is 5.71. The van der Waals surface area contributed by atoms with E-state index in [1.807, 2.05) is 13.8 Å². The molecule has 0 radical (unpaired) electrons. The molecule has 1 rings (SSSR count). The highest BCUT2D eigenvalue weighted by Gasteiger charge is 2.23. The van der Waals surface area contributed by atoms with Gasteiger partial charge in [0.1, 0.15) is 0 Å². The molecule has 0 aliphatic carbocycles. The molecule has 86 valence electrons. The minimum Gasteiger partial charge on any atom is -0.197 e. The maximum atomic E-state index is 9.18. The van der Waals surface area contributed by atoms with Crippen LogP contribution in [0.5, 0.6) is 0 Å². The Morgan fingerprint density at radius 1 is 0.938 bits per heavy atom. The predicted molar refractivity (Wildman–Crippen MR) is 68.5 cm³/mol. The highest BCUT2D eigenvalue weighted by Crippen LogP contribution is 2.29. The summed E-state index contributed by atoms with van der Waals surface area (Å²) in [6, 6.07) is 8.84. The summed E-state index contributed by atoms with van der Waals surface area (Å²) in [5.74, 6) is 0. The summed E-state index contributed by atoms with van der Waals surface area (Å²) in [7, 11) is 0. The third-order valence-electron chi connectivity index (χ3n) is 2.94. The molecule has 0 N–H and O–H groups in total. The number of nitrogens with zero attached hydrogens (tertiary/aromatic N) is 1. The molecule has 1 heteroatoms. The molecule has 0 heterocycles. The van der Waals surface area contributed by atoms with Crippen LogP contribution in [0.1, 0.15) is 51.3 Å². The highest BCUT2D eigenvalue weighted by molar-refractivity contribution is 5.39. The fraction of sp³-hybridized carbons (Fsp3) is 0.533. The Kier molecular flexibility index (Phi) is 3.15. The summed E-state index contributed by atoms with van der Waals surface area (Å²) in [6.07, 6.45) is 0. The number of hydrogen-bond acceptors (Lipinski definition) is 1. The van der Waals surface area contributed by atoms with E-state index in [4.69, 9.17) is 0 Å². The van der Waals surface area contributed by atoms with E-state index in [1.54, 1.807) is 0 Å². The summed E-state index contributed by atoms with van der Waals surface area (Å²) in [5, 5.41) is 9.18. The summed E-state index contributed by atoms with van der Waals surface area (Å²) in [4.78, 5) is 0. The van der Waals surface area contributed by atoms with Gasteiger partial charge in [-0.15, -0.1) is 0 Å². The van der Waals surface area contributed by atoms with Crippen molar-refractivity contribution in [1.29, 1.82) is 5.26 Å². The van der Waals surface area contributed by atoms with Gasteiger partial charge in [-0.1, -0.05) is 44.5 Å². The maximum absolute atomic E-state index is 9.18. The lowest BCUT2D eigenvalue weighted by Crippen LogP contribution is -2.17. The van der Waals surface area contributed by atoms with Crippen molar-refractivity contribution in [3.8, 4) is 6.07 Å². The summed E-state index contributed by atoms with van der Waals surface area (Å²) >= 11 is 0. The van der Waals surface area contributed by atoms with Crippen LogP contribution >= 0.6 is 0 Å². The van der Waals surface area contributed by atoms with Crippen LogP contribution in [0.2, 0.25) is 0 Å². The fourth-order valence-corrected chi connectivity index (χ4v) is 1.64. The molecule has 0 fully saturated rings. The van der Waals surface area contributed by atoms with E-state index in [0.717, 1.165) is 5.56 Å². The lowest BCUT2D eigenvalue weighted by Gasteiger charge is -2.24. The van der Waals surface area contributed by atoms with Crippen LogP contribution < -0.4 is 0 Å². The Labute approximate surface area is 99.1 Å². The molecule has 0 aromatic heterocycles. The average molecular weight is 215 g/mol. The van der Waals surface area contributed by atoms with Crippen molar-refractivity contribution in [1.82, 2.24) is 0 Å². The van der Waals surface area contributed by atoms with Gasteiger partial charge >= 0.3 is 0 Å². The predicted octanol–water partition coefficient (Wildman–Crippen LogP) is 4.09. The first kappa shape index (κ1) is 12.8. The van der Waals surface area contributed by atoms with Crippen molar-refractivity contribution in [3.63, 3.8) is 0 Å². The lowest BCUT2D eigenvalue weighted by molar-refractivity contribution is 0.584. The van der Waals surface area contributed by atoms with Gasteiger partial charge < -0.3 is 0 Å². The quantitative estimate of drug-likeness (QED) is 0.692. The minimum absolute atomic E-state index is 0.131. The molecule has 0 bridgehead atoms. The molecule has 1 aromatic carbocycles. The van der Waals surface area contributed by atoms with Gasteiger partial charge in [0.15, 0.2) is 0 Å². The normalized spacial score (nSPS) is 12.3. The van der Waals surface area contributed by atoms with Crippen molar-refractivity contribution < 1.29 is 0 Å². The minimum atomic E-state index is -0.411. The molecule has 0 aliphatic rings. The zero-order valence-electron chi connectivity index (χ0n) is 11.2. The van der Waals surface area contributed by atoms with E-state index >= 15 is 0 Å². The van der Waals surface area contributed by atoms with Crippen LogP contribution in [0.4, 0.5) is 0 Å². The van der Waals surface area contributed by atoms with Crippen molar-refractivity contribution in [2.75, 3.05) is 0 Å². The molecule has 1 nitrogen and oxygen atoms in total. The van der Waals surface area contributed by atoms with Gasteiger partial charge in [0.2, 0.25) is 0 Å². The van der Waals surface area contributed by atoms with E-state index in [0.29, 0.717) is 0 Å². The largest absolute Gasteiger partial charge is 0.197 e. The Balaban J connectivity index is 3.36. The van der Waals surface area contributed by atoms with Gasteiger partial charge in [0, 0.05) is 0 Å². The fourth-order valence-electron chi connectivity index (χ4n) is 1.64. The SMILES string of the molecule is Cc1cc(C(C)(C)C)cc(C(C)(C)C#N)c1. The second kappa shape index (κ2) is 3.94. The van der Waals surface area contributed by atoms with E-state index in [9.17, 15) is 5.26 Å². The summed E-state index contributed by atoms with van der Waals surface area (Å²) in [6.45, 7) is 12.6. The van der Waals surface area contributed by atoms with Gasteiger partial charge in [-0.05, 0) is 37.3 Å². The molecule has 1 aromatic rings. The first-order valence-electron chi connectivity index (χ1n) is 5.71. The molecule has 0 unspecified atom stereocenters. The van der Waals surface area contributed by atoms with Crippen LogP contribution in [0.25, 0.3) is 0 Å². The zero-order valence-corrected chi connectivity index (χ0v) is 11.2. The smallest absolute Gasteiger partial charge is 0.0766 e. The Bertz CT molecular complexity index is 428. The molecular weight excluding hydrogens is 194 g/mol. The first-order chi connectivity index (χ1) is 7.16. The molecule has 0 saturated carbocycles. The van der Waals surface area contributed by atoms with Crippen LogP contribution in [0.15, 0.2) is 18.2 Å². The molecular formula is C15H21N. The topological polar surface area (TPSA) is 23.8 Å². The Morgan fingerprint density at radius 3 is 1.88 bits per heavy atom. The van der Waals surface area contributed by atoms with E-state index in [-0.39, 0.29) is 5.41 Å². The standard InChI is InChI=1S/C15H21N/c1-11-7-12(14(2,3)4)9-13(8-11)15(5,6)10-16/h7-9H,1-6H3. The van der Waals surface area contributed by atoms with Crippen LogP contribution in [-0.2, 0) is 10.8 Å². The van der Waals surface area contributed by atoms with Gasteiger partial charge in [0.25, 0.3) is 0 Å². The Hall–Kier alpha value is -1.29. The second-order valence-electron chi connectivity index (χ2n) is 6.07. The average Bonchev–Trinajstić information content (AvgIpc) is 2.15. The maximum Gasteiger partial charge on any atom is 0.0766 e. The van der Waals surface area contributed by atoms with Crippen molar-refractivity contribution in [2.45, 2.75) is 52.4 Å². The number of rotatable bonds is 1.